The SMILES string of the molecule is CNCC1CCCN(c2nccn3cnnc23)C1. The first-order valence-electron chi connectivity index (χ1n) is 6.42. The minimum Gasteiger partial charge on any atom is -0.353 e. The monoisotopic (exact) mass is 246 g/mol. The summed E-state index contributed by atoms with van der Waals surface area (Å²) in [6.45, 7) is 3.16. The van der Waals surface area contributed by atoms with Crippen LogP contribution in [0.1, 0.15) is 12.8 Å². The van der Waals surface area contributed by atoms with Gasteiger partial charge in [0.15, 0.2) is 5.82 Å². The van der Waals surface area contributed by atoms with Crippen molar-refractivity contribution >= 4 is 11.5 Å². The van der Waals surface area contributed by atoms with Gasteiger partial charge in [-0.25, -0.2) is 4.98 Å². The van der Waals surface area contributed by atoms with Gasteiger partial charge in [-0.1, -0.05) is 0 Å². The van der Waals surface area contributed by atoms with Gasteiger partial charge in [-0.05, 0) is 32.4 Å². The highest BCUT2D eigenvalue weighted by Crippen LogP contribution is 2.23. The standard InChI is InChI=1S/C12H18N6/c1-13-7-10-3-2-5-17(8-10)11-12-16-15-9-18(12)6-4-14-11/h4,6,9-10,13H,2-3,5,7-8H2,1H3. The molecule has 0 saturated carbocycles. The maximum atomic E-state index is 4.48. The quantitative estimate of drug-likeness (QED) is 0.857. The van der Waals surface area contributed by atoms with Crippen molar-refractivity contribution in [3.8, 4) is 0 Å². The Hall–Kier alpha value is -1.69. The van der Waals surface area contributed by atoms with E-state index in [2.05, 4.69) is 25.4 Å². The van der Waals surface area contributed by atoms with Crippen molar-refractivity contribution in [2.45, 2.75) is 12.8 Å². The van der Waals surface area contributed by atoms with Crippen molar-refractivity contribution in [3.05, 3.63) is 18.7 Å². The molecule has 0 amide bonds. The molecule has 6 heteroatoms. The molecule has 1 aliphatic heterocycles. The second kappa shape index (κ2) is 4.89. The summed E-state index contributed by atoms with van der Waals surface area (Å²) >= 11 is 0. The van der Waals surface area contributed by atoms with E-state index in [1.54, 1.807) is 6.33 Å². The largest absolute Gasteiger partial charge is 0.353 e. The molecule has 1 N–H and O–H groups in total. The van der Waals surface area contributed by atoms with Crippen LogP contribution in [-0.2, 0) is 0 Å². The highest BCUT2D eigenvalue weighted by molar-refractivity contribution is 5.63. The summed E-state index contributed by atoms with van der Waals surface area (Å²) in [6.07, 6.45) is 7.91. The summed E-state index contributed by atoms with van der Waals surface area (Å²) in [5.74, 6) is 1.64. The second-order valence-corrected chi connectivity index (χ2v) is 4.82. The summed E-state index contributed by atoms with van der Waals surface area (Å²) in [7, 11) is 2.01. The lowest BCUT2D eigenvalue weighted by Gasteiger charge is -2.33. The maximum absolute atomic E-state index is 4.48. The van der Waals surface area contributed by atoms with Crippen molar-refractivity contribution in [1.82, 2.24) is 24.9 Å². The van der Waals surface area contributed by atoms with E-state index in [1.807, 2.05) is 23.8 Å². The lowest BCUT2D eigenvalue weighted by Crippen LogP contribution is -2.39. The number of rotatable bonds is 3. The van der Waals surface area contributed by atoms with Crippen LogP contribution in [0.5, 0.6) is 0 Å². The van der Waals surface area contributed by atoms with E-state index in [-0.39, 0.29) is 0 Å². The summed E-state index contributed by atoms with van der Waals surface area (Å²) in [5.41, 5.74) is 0.850. The molecule has 1 unspecified atom stereocenters. The topological polar surface area (TPSA) is 58.4 Å². The number of hydrogen-bond acceptors (Lipinski definition) is 5. The van der Waals surface area contributed by atoms with Gasteiger partial charge in [0.2, 0.25) is 5.65 Å². The molecule has 0 spiro atoms. The summed E-state index contributed by atoms with van der Waals surface area (Å²) in [4.78, 5) is 6.81. The van der Waals surface area contributed by atoms with Gasteiger partial charge in [0.25, 0.3) is 0 Å². The number of nitrogens with zero attached hydrogens (tertiary/aromatic N) is 5. The van der Waals surface area contributed by atoms with E-state index in [9.17, 15) is 0 Å². The van der Waals surface area contributed by atoms with Crippen molar-refractivity contribution in [3.63, 3.8) is 0 Å². The fourth-order valence-corrected chi connectivity index (χ4v) is 2.68. The highest BCUT2D eigenvalue weighted by atomic mass is 15.3. The van der Waals surface area contributed by atoms with E-state index < -0.39 is 0 Å². The number of aromatic nitrogens is 4. The normalized spacial score (nSPS) is 20.5. The van der Waals surface area contributed by atoms with E-state index in [4.69, 9.17) is 0 Å². The molecule has 1 atom stereocenters. The van der Waals surface area contributed by atoms with Crippen LogP contribution < -0.4 is 10.2 Å². The van der Waals surface area contributed by atoms with Gasteiger partial charge in [-0.2, -0.15) is 0 Å². The Bertz CT molecular complexity index is 520. The smallest absolute Gasteiger partial charge is 0.203 e. The van der Waals surface area contributed by atoms with Crippen LogP contribution in [0.3, 0.4) is 0 Å². The Morgan fingerprint density at radius 1 is 1.50 bits per heavy atom. The molecule has 3 heterocycles. The molecule has 1 aliphatic rings. The summed E-state index contributed by atoms with van der Waals surface area (Å²) < 4.78 is 1.92. The average Bonchev–Trinajstić information content (AvgIpc) is 2.87. The van der Waals surface area contributed by atoms with Crippen molar-refractivity contribution < 1.29 is 0 Å². The third kappa shape index (κ3) is 2.03. The predicted octanol–water partition coefficient (Wildman–Crippen LogP) is 0.560. The van der Waals surface area contributed by atoms with E-state index in [0.29, 0.717) is 5.92 Å². The van der Waals surface area contributed by atoms with Gasteiger partial charge >= 0.3 is 0 Å². The van der Waals surface area contributed by atoms with Crippen LogP contribution in [0.15, 0.2) is 18.7 Å². The molecule has 6 nitrogen and oxygen atoms in total. The summed E-state index contributed by atoms with van der Waals surface area (Å²) in [6, 6.07) is 0. The van der Waals surface area contributed by atoms with Crippen LogP contribution in [0, 0.1) is 5.92 Å². The van der Waals surface area contributed by atoms with Crippen LogP contribution in [0.4, 0.5) is 5.82 Å². The number of anilines is 1. The zero-order chi connectivity index (χ0) is 12.4. The first kappa shape index (κ1) is 11.4. The molecular weight excluding hydrogens is 228 g/mol. The first-order chi connectivity index (χ1) is 8.88. The van der Waals surface area contributed by atoms with Crippen LogP contribution in [0.25, 0.3) is 5.65 Å². The van der Waals surface area contributed by atoms with Gasteiger partial charge in [0.05, 0.1) is 0 Å². The number of hydrogen-bond donors (Lipinski definition) is 1. The lowest BCUT2D eigenvalue weighted by molar-refractivity contribution is 0.401. The third-order valence-electron chi connectivity index (χ3n) is 3.51. The Morgan fingerprint density at radius 2 is 2.44 bits per heavy atom. The second-order valence-electron chi connectivity index (χ2n) is 4.82. The molecule has 0 aliphatic carbocycles. The van der Waals surface area contributed by atoms with Crippen molar-refractivity contribution in [2.24, 2.45) is 5.92 Å². The van der Waals surface area contributed by atoms with Crippen molar-refractivity contribution in [1.29, 1.82) is 0 Å². The Kier molecular flexibility index (Phi) is 3.10. The van der Waals surface area contributed by atoms with Gasteiger partial charge < -0.3 is 10.2 Å². The first-order valence-corrected chi connectivity index (χ1v) is 6.42. The molecule has 96 valence electrons. The Morgan fingerprint density at radius 3 is 3.33 bits per heavy atom. The molecule has 2 aromatic heterocycles. The molecule has 3 rings (SSSR count). The van der Waals surface area contributed by atoms with Crippen LogP contribution in [0.2, 0.25) is 0 Å². The lowest BCUT2D eigenvalue weighted by atomic mass is 9.98. The molecular formula is C12H18N6. The number of piperidine rings is 1. The zero-order valence-electron chi connectivity index (χ0n) is 10.6. The minimum absolute atomic E-state index is 0.689. The number of fused-ring (bicyclic) bond motifs is 1. The zero-order valence-corrected chi connectivity index (χ0v) is 10.6. The van der Waals surface area contributed by atoms with Crippen molar-refractivity contribution in [2.75, 3.05) is 31.6 Å². The van der Waals surface area contributed by atoms with Gasteiger partial charge in [0.1, 0.15) is 6.33 Å². The summed E-state index contributed by atoms with van der Waals surface area (Å²) in [5, 5.41) is 11.4. The predicted molar refractivity (Wildman–Crippen MR) is 69.6 cm³/mol. The third-order valence-corrected chi connectivity index (χ3v) is 3.51. The van der Waals surface area contributed by atoms with Gasteiger partial charge in [0, 0.05) is 25.5 Å². The fourth-order valence-electron chi connectivity index (χ4n) is 2.68. The molecule has 0 radical (unpaired) electrons. The molecule has 18 heavy (non-hydrogen) atoms. The minimum atomic E-state index is 0.689. The molecule has 0 aromatic carbocycles. The highest BCUT2D eigenvalue weighted by Gasteiger charge is 2.22. The Labute approximate surface area is 106 Å². The fraction of sp³-hybridized carbons (Fsp3) is 0.583. The van der Waals surface area contributed by atoms with Gasteiger partial charge in [-0.15, -0.1) is 10.2 Å². The molecule has 0 bridgehead atoms. The van der Waals surface area contributed by atoms with Crippen LogP contribution >= 0.6 is 0 Å². The average molecular weight is 246 g/mol. The van der Waals surface area contributed by atoms with E-state index in [0.717, 1.165) is 31.1 Å². The number of nitrogens with one attached hydrogen (secondary N) is 1. The maximum Gasteiger partial charge on any atom is 0.203 e. The molecule has 1 saturated heterocycles. The molecule has 1 fully saturated rings. The van der Waals surface area contributed by atoms with E-state index >= 15 is 0 Å². The van der Waals surface area contributed by atoms with E-state index in [1.165, 1.54) is 12.8 Å². The Balaban J connectivity index is 1.87. The van der Waals surface area contributed by atoms with Gasteiger partial charge in [-0.3, -0.25) is 4.40 Å². The van der Waals surface area contributed by atoms with Crippen LogP contribution in [-0.4, -0.2) is 46.3 Å². The molecule has 2 aromatic rings.